The third kappa shape index (κ3) is 2.33. The van der Waals surface area contributed by atoms with E-state index >= 15 is 0 Å². The van der Waals surface area contributed by atoms with Crippen LogP contribution in [0.1, 0.15) is 52.3 Å². The molecule has 0 spiro atoms. The van der Waals surface area contributed by atoms with Crippen molar-refractivity contribution in [2.24, 2.45) is 10.8 Å². The Bertz CT molecular complexity index is 1040. The first-order valence-electron chi connectivity index (χ1n) is 9.12. The Kier molecular flexibility index (Phi) is 3.67. The summed E-state index contributed by atoms with van der Waals surface area (Å²) in [5, 5.41) is -1.18. The van der Waals surface area contributed by atoms with Gasteiger partial charge < -0.3 is 0 Å². The van der Waals surface area contributed by atoms with Crippen LogP contribution in [0.5, 0.6) is 0 Å². The minimum atomic E-state index is -1.37. The molecular formula is C20H25N3O3S. The van der Waals surface area contributed by atoms with Crippen LogP contribution in [0, 0.1) is 10.8 Å². The van der Waals surface area contributed by atoms with Crippen LogP contribution in [0.25, 0.3) is 5.69 Å². The summed E-state index contributed by atoms with van der Waals surface area (Å²) >= 11 is 0. The summed E-state index contributed by atoms with van der Waals surface area (Å²) in [5.74, 6) is 0. The van der Waals surface area contributed by atoms with Gasteiger partial charge in [-0.15, -0.1) is 0 Å². The Morgan fingerprint density at radius 1 is 0.778 bits per heavy atom. The lowest BCUT2D eigenvalue weighted by molar-refractivity contribution is 0.345. The first-order chi connectivity index (χ1) is 12.5. The van der Waals surface area contributed by atoms with Gasteiger partial charge in [-0.05, 0) is 34.1 Å². The molecule has 1 aromatic carbocycles. The molecule has 0 saturated carbocycles. The van der Waals surface area contributed by atoms with Crippen LogP contribution in [0.3, 0.4) is 0 Å². The summed E-state index contributed by atoms with van der Waals surface area (Å²) in [6.45, 7) is 12.5. The van der Waals surface area contributed by atoms with Crippen molar-refractivity contribution in [3.05, 3.63) is 62.4 Å². The van der Waals surface area contributed by atoms with E-state index in [9.17, 15) is 13.8 Å². The van der Waals surface area contributed by atoms with Gasteiger partial charge in [0.05, 0.1) is 16.5 Å². The average Bonchev–Trinajstić information content (AvgIpc) is 3.12. The summed E-state index contributed by atoms with van der Waals surface area (Å²) in [5.41, 5.74) is 1.20. The molecule has 0 saturated heterocycles. The van der Waals surface area contributed by atoms with E-state index in [1.807, 2.05) is 6.07 Å². The Labute approximate surface area is 160 Å². The first-order valence-corrected chi connectivity index (χ1v) is 10.4. The SMILES string of the molecule is CC(C)(C)C1=C(C(C)(C)C)[C@H]2n3c(=O)n(-c4ccccc4)c(=O)n3[C@@H]1S2=O. The van der Waals surface area contributed by atoms with Gasteiger partial charge in [0.1, 0.15) is 0 Å². The molecule has 2 aliphatic rings. The fourth-order valence-corrected chi connectivity index (χ4v) is 6.75. The van der Waals surface area contributed by atoms with Crippen molar-refractivity contribution in [3.63, 3.8) is 0 Å². The van der Waals surface area contributed by atoms with E-state index in [-0.39, 0.29) is 10.8 Å². The molecule has 144 valence electrons. The maximum Gasteiger partial charge on any atom is 0.353 e. The first kappa shape index (κ1) is 18.2. The molecule has 0 N–H and O–H groups in total. The highest BCUT2D eigenvalue weighted by Gasteiger charge is 2.57. The fourth-order valence-electron chi connectivity index (χ4n) is 4.31. The molecule has 0 radical (unpaired) electrons. The van der Waals surface area contributed by atoms with Crippen LogP contribution in [0.15, 0.2) is 51.1 Å². The molecule has 2 aromatic rings. The third-order valence-corrected chi connectivity index (χ3v) is 7.06. The molecular weight excluding hydrogens is 362 g/mol. The minimum absolute atomic E-state index is 0.257. The van der Waals surface area contributed by atoms with Crippen LogP contribution in [-0.2, 0) is 10.8 Å². The van der Waals surface area contributed by atoms with Crippen LogP contribution in [0.4, 0.5) is 0 Å². The molecule has 0 aliphatic carbocycles. The van der Waals surface area contributed by atoms with E-state index in [4.69, 9.17) is 0 Å². The van der Waals surface area contributed by atoms with Crippen molar-refractivity contribution in [1.82, 2.24) is 13.9 Å². The van der Waals surface area contributed by atoms with Crippen LogP contribution >= 0.6 is 0 Å². The predicted octanol–water partition coefficient (Wildman–Crippen LogP) is 2.96. The van der Waals surface area contributed by atoms with Gasteiger partial charge in [-0.3, -0.25) is 4.21 Å². The van der Waals surface area contributed by atoms with Crippen molar-refractivity contribution in [1.29, 1.82) is 0 Å². The van der Waals surface area contributed by atoms with Crippen molar-refractivity contribution >= 4 is 10.8 Å². The van der Waals surface area contributed by atoms with Crippen LogP contribution in [0.2, 0.25) is 0 Å². The zero-order valence-corrected chi connectivity index (χ0v) is 17.3. The molecule has 0 amide bonds. The molecule has 27 heavy (non-hydrogen) atoms. The molecule has 2 aliphatic heterocycles. The second-order valence-corrected chi connectivity index (χ2v) is 10.8. The van der Waals surface area contributed by atoms with E-state index in [2.05, 4.69) is 41.5 Å². The standard InChI is InChI=1S/C20H25N3O3S/c1-19(2,3)13-14(20(4,5)6)16-23-18(25)21(12-10-8-7-9-11-12)17(24)22(23)15(13)27(16)26/h7-11,15-16H,1-6H3/t15-,16+,27?. The van der Waals surface area contributed by atoms with E-state index in [0.29, 0.717) is 5.69 Å². The Hall–Kier alpha value is -2.15. The number of fused-ring (bicyclic) bond motifs is 5. The minimum Gasteiger partial charge on any atom is -0.254 e. The van der Waals surface area contributed by atoms with E-state index in [1.165, 1.54) is 13.9 Å². The molecule has 1 aromatic heterocycles. The van der Waals surface area contributed by atoms with E-state index in [0.717, 1.165) is 11.1 Å². The molecule has 6 nitrogen and oxygen atoms in total. The number of nitrogens with zero attached hydrogens (tertiary/aromatic N) is 3. The molecule has 0 fully saturated rings. The summed E-state index contributed by atoms with van der Waals surface area (Å²) in [4.78, 5) is 26.4. The second kappa shape index (κ2) is 5.44. The van der Waals surface area contributed by atoms with E-state index in [1.54, 1.807) is 24.3 Å². The average molecular weight is 388 g/mol. The van der Waals surface area contributed by atoms with Gasteiger partial charge in [0.2, 0.25) is 0 Å². The molecule has 1 unspecified atom stereocenters. The largest absolute Gasteiger partial charge is 0.353 e. The molecule has 4 rings (SSSR count). The van der Waals surface area contributed by atoms with E-state index < -0.39 is 32.9 Å². The number of benzene rings is 1. The number of para-hydroxylation sites is 1. The maximum absolute atomic E-state index is 13.3. The highest BCUT2D eigenvalue weighted by Crippen LogP contribution is 2.57. The lowest BCUT2D eigenvalue weighted by atomic mass is 9.74. The smallest absolute Gasteiger partial charge is 0.254 e. The van der Waals surface area contributed by atoms with Crippen LogP contribution in [-0.4, -0.2) is 18.1 Å². The second-order valence-electron chi connectivity index (χ2n) is 9.29. The molecule has 7 heteroatoms. The normalized spacial score (nSPS) is 24.6. The van der Waals surface area contributed by atoms with Gasteiger partial charge in [-0.2, -0.15) is 0 Å². The lowest BCUT2D eigenvalue weighted by Crippen LogP contribution is -2.35. The number of hydrogen-bond donors (Lipinski definition) is 0. The van der Waals surface area contributed by atoms with Gasteiger partial charge in [-0.1, -0.05) is 59.7 Å². The quantitative estimate of drug-likeness (QED) is 0.707. The van der Waals surface area contributed by atoms with Crippen molar-refractivity contribution in [2.75, 3.05) is 0 Å². The summed E-state index contributed by atoms with van der Waals surface area (Å²) in [6, 6.07) is 8.90. The molecule has 3 heterocycles. The van der Waals surface area contributed by atoms with Gasteiger partial charge in [0.15, 0.2) is 10.7 Å². The number of aromatic nitrogens is 3. The van der Waals surface area contributed by atoms with Crippen molar-refractivity contribution in [2.45, 2.75) is 52.3 Å². The van der Waals surface area contributed by atoms with Crippen molar-refractivity contribution in [3.8, 4) is 5.69 Å². The Balaban J connectivity index is 2.05. The lowest BCUT2D eigenvalue weighted by Gasteiger charge is -2.35. The molecule has 2 bridgehead atoms. The number of hydrogen-bond acceptors (Lipinski definition) is 3. The Morgan fingerprint density at radius 2 is 1.19 bits per heavy atom. The highest BCUT2D eigenvalue weighted by atomic mass is 32.2. The summed E-state index contributed by atoms with van der Waals surface area (Å²) in [7, 11) is -1.37. The number of rotatable bonds is 1. The molecule has 3 atom stereocenters. The third-order valence-electron chi connectivity index (χ3n) is 5.31. The summed E-state index contributed by atoms with van der Waals surface area (Å²) in [6.07, 6.45) is 0. The predicted molar refractivity (Wildman–Crippen MR) is 106 cm³/mol. The van der Waals surface area contributed by atoms with Crippen molar-refractivity contribution < 1.29 is 4.21 Å². The van der Waals surface area contributed by atoms with Gasteiger partial charge in [0, 0.05) is 0 Å². The van der Waals surface area contributed by atoms with Gasteiger partial charge >= 0.3 is 11.4 Å². The highest BCUT2D eigenvalue weighted by molar-refractivity contribution is 7.86. The van der Waals surface area contributed by atoms with Gasteiger partial charge in [0.25, 0.3) is 0 Å². The zero-order valence-electron chi connectivity index (χ0n) is 16.5. The summed E-state index contributed by atoms with van der Waals surface area (Å²) < 4.78 is 17.3. The van der Waals surface area contributed by atoms with Gasteiger partial charge in [-0.25, -0.2) is 23.5 Å². The zero-order chi connectivity index (χ0) is 19.9. The Morgan fingerprint density at radius 3 is 1.56 bits per heavy atom. The monoisotopic (exact) mass is 387 g/mol. The topological polar surface area (TPSA) is 66.0 Å². The van der Waals surface area contributed by atoms with Crippen LogP contribution < -0.4 is 11.4 Å². The fraction of sp³-hybridized carbons (Fsp3) is 0.500. The maximum atomic E-state index is 13.3.